The van der Waals surface area contributed by atoms with Crippen LogP contribution in [-0.2, 0) is 11.2 Å². The predicted molar refractivity (Wildman–Crippen MR) is 87.0 cm³/mol. The van der Waals surface area contributed by atoms with Gasteiger partial charge in [0.1, 0.15) is 12.4 Å². The minimum Gasteiger partial charge on any atom is -0.497 e. The first-order chi connectivity index (χ1) is 11.3. The Balaban J connectivity index is 1.74. The third-order valence-corrected chi connectivity index (χ3v) is 3.69. The summed E-state index contributed by atoms with van der Waals surface area (Å²) in [4.78, 5) is 13.4. The molecule has 3 rings (SSSR count). The molecule has 0 spiro atoms. The van der Waals surface area contributed by atoms with Crippen molar-refractivity contribution in [3.8, 4) is 17.7 Å². The fourth-order valence-electron chi connectivity index (χ4n) is 2.43. The topological polar surface area (TPSA) is 38.8 Å². The van der Waals surface area contributed by atoms with E-state index in [2.05, 4.69) is 12.0 Å². The van der Waals surface area contributed by atoms with E-state index in [-0.39, 0.29) is 12.1 Å². The molecule has 0 aliphatic carbocycles. The Kier molecular flexibility index (Phi) is 4.49. The van der Waals surface area contributed by atoms with Gasteiger partial charge in [-0.2, -0.15) is 0 Å². The van der Waals surface area contributed by atoms with Crippen LogP contribution in [0.2, 0.25) is 0 Å². The summed E-state index contributed by atoms with van der Waals surface area (Å²) < 4.78 is 10.3. The zero-order valence-electron chi connectivity index (χ0n) is 12.9. The monoisotopic (exact) mass is 307 g/mol. The molecule has 1 saturated heterocycles. The average Bonchev–Trinajstić information content (AvgIpc) is 2.94. The maximum absolute atomic E-state index is 11.9. The standard InChI is InChI=1S/C19H17NO3/c1-22-18-9-7-15(8-10-18)11-12-20-17(14-23-19(20)21)13-16-5-3-2-4-6-16/h2-10,17H,13-14H2,1H3/t17-/m1/s1. The molecule has 1 aliphatic rings. The van der Waals surface area contributed by atoms with Crippen molar-refractivity contribution in [3.05, 3.63) is 65.7 Å². The lowest BCUT2D eigenvalue weighted by atomic mass is 10.1. The number of methoxy groups -OCH3 is 1. The minimum absolute atomic E-state index is 0.0596. The molecular weight excluding hydrogens is 290 g/mol. The summed E-state index contributed by atoms with van der Waals surface area (Å²) in [5, 5.41) is 0. The average molecular weight is 307 g/mol. The Hall–Kier alpha value is -2.93. The van der Waals surface area contributed by atoms with E-state index in [4.69, 9.17) is 9.47 Å². The zero-order valence-corrected chi connectivity index (χ0v) is 12.9. The van der Waals surface area contributed by atoms with Gasteiger partial charge in [0.15, 0.2) is 0 Å². The molecule has 116 valence electrons. The van der Waals surface area contributed by atoms with Gasteiger partial charge in [-0.3, -0.25) is 0 Å². The third kappa shape index (κ3) is 3.64. The van der Waals surface area contributed by atoms with E-state index < -0.39 is 0 Å². The molecule has 1 fully saturated rings. The minimum atomic E-state index is -0.382. The first kappa shape index (κ1) is 15.0. The van der Waals surface area contributed by atoms with Crippen LogP contribution in [0.1, 0.15) is 11.1 Å². The number of hydrogen-bond acceptors (Lipinski definition) is 3. The van der Waals surface area contributed by atoms with E-state index in [0.717, 1.165) is 23.3 Å². The van der Waals surface area contributed by atoms with E-state index in [1.54, 1.807) is 7.11 Å². The lowest BCUT2D eigenvalue weighted by Crippen LogP contribution is -2.30. The largest absolute Gasteiger partial charge is 0.497 e. The summed E-state index contributed by atoms with van der Waals surface area (Å²) in [5.41, 5.74) is 1.98. The maximum Gasteiger partial charge on any atom is 0.422 e. The summed E-state index contributed by atoms with van der Waals surface area (Å²) in [6.07, 6.45) is 0.344. The van der Waals surface area contributed by atoms with Crippen LogP contribution in [0.4, 0.5) is 4.79 Å². The summed E-state index contributed by atoms with van der Waals surface area (Å²) in [6, 6.07) is 20.3. The van der Waals surface area contributed by atoms with Crippen LogP contribution in [0.25, 0.3) is 0 Å². The van der Waals surface area contributed by atoms with Gasteiger partial charge in [-0.15, -0.1) is 0 Å². The molecule has 0 aromatic heterocycles. The molecule has 2 aromatic carbocycles. The molecule has 4 nitrogen and oxygen atoms in total. The number of ether oxygens (including phenoxy) is 2. The fraction of sp³-hybridized carbons (Fsp3) is 0.211. The number of carbonyl (C=O) groups is 1. The van der Waals surface area contributed by atoms with E-state index in [0.29, 0.717) is 6.61 Å². The molecule has 4 heteroatoms. The van der Waals surface area contributed by atoms with Gasteiger partial charge >= 0.3 is 6.09 Å². The van der Waals surface area contributed by atoms with E-state index >= 15 is 0 Å². The summed E-state index contributed by atoms with van der Waals surface area (Å²) in [6.45, 7) is 0.366. The lowest BCUT2D eigenvalue weighted by Gasteiger charge is -2.14. The van der Waals surface area contributed by atoms with Crippen LogP contribution in [0, 0.1) is 12.0 Å². The van der Waals surface area contributed by atoms with Crippen LogP contribution >= 0.6 is 0 Å². The van der Waals surface area contributed by atoms with Crippen LogP contribution in [0.5, 0.6) is 5.75 Å². The van der Waals surface area contributed by atoms with Crippen LogP contribution < -0.4 is 4.74 Å². The van der Waals surface area contributed by atoms with Crippen molar-refractivity contribution in [3.63, 3.8) is 0 Å². The molecule has 0 saturated carbocycles. The van der Waals surface area contributed by atoms with Gasteiger partial charge in [0, 0.05) is 11.6 Å². The highest BCUT2D eigenvalue weighted by Gasteiger charge is 2.32. The molecular formula is C19H17NO3. The van der Waals surface area contributed by atoms with Gasteiger partial charge in [0.05, 0.1) is 13.2 Å². The Morgan fingerprint density at radius 3 is 2.61 bits per heavy atom. The number of cyclic esters (lactones) is 1. The molecule has 1 amide bonds. The van der Waals surface area contributed by atoms with Crippen molar-refractivity contribution in [1.29, 1.82) is 0 Å². The van der Waals surface area contributed by atoms with Gasteiger partial charge in [-0.25, -0.2) is 9.69 Å². The Morgan fingerprint density at radius 2 is 1.91 bits per heavy atom. The third-order valence-electron chi connectivity index (χ3n) is 3.69. The second-order valence-electron chi connectivity index (χ2n) is 5.26. The van der Waals surface area contributed by atoms with Gasteiger partial charge in [0.25, 0.3) is 0 Å². The first-order valence-electron chi connectivity index (χ1n) is 7.42. The van der Waals surface area contributed by atoms with E-state index in [9.17, 15) is 4.79 Å². The second kappa shape index (κ2) is 6.89. The molecule has 2 aromatic rings. The van der Waals surface area contributed by atoms with Crippen LogP contribution in [-0.4, -0.2) is 30.8 Å². The number of benzene rings is 2. The summed E-state index contributed by atoms with van der Waals surface area (Å²) in [7, 11) is 1.62. The molecule has 1 aliphatic heterocycles. The number of carbonyl (C=O) groups excluding carboxylic acids is 1. The number of amides is 1. The Labute approximate surface area is 135 Å². The van der Waals surface area contributed by atoms with Crippen molar-refractivity contribution in [2.24, 2.45) is 0 Å². The highest BCUT2D eigenvalue weighted by atomic mass is 16.6. The van der Waals surface area contributed by atoms with Gasteiger partial charge < -0.3 is 9.47 Å². The number of rotatable bonds is 3. The van der Waals surface area contributed by atoms with Crippen molar-refractivity contribution >= 4 is 6.09 Å². The van der Waals surface area contributed by atoms with Gasteiger partial charge in [-0.05, 0) is 42.2 Å². The van der Waals surface area contributed by atoms with E-state index in [1.807, 2.05) is 54.6 Å². The fourth-order valence-corrected chi connectivity index (χ4v) is 2.43. The SMILES string of the molecule is COc1ccc(C#CN2C(=O)OC[C@H]2Cc2ccccc2)cc1. The number of nitrogens with zero attached hydrogens (tertiary/aromatic N) is 1. The summed E-state index contributed by atoms with van der Waals surface area (Å²) in [5.74, 6) is 3.78. The van der Waals surface area contributed by atoms with Crippen molar-refractivity contribution in [1.82, 2.24) is 4.90 Å². The van der Waals surface area contributed by atoms with Crippen LogP contribution in [0.3, 0.4) is 0 Å². The molecule has 0 unspecified atom stereocenters. The van der Waals surface area contributed by atoms with Crippen molar-refractivity contribution in [2.75, 3.05) is 13.7 Å². The Bertz CT molecular complexity index is 729. The summed E-state index contributed by atoms with van der Waals surface area (Å²) >= 11 is 0. The predicted octanol–water partition coefficient (Wildman–Crippen LogP) is 3.07. The van der Waals surface area contributed by atoms with Crippen LogP contribution in [0.15, 0.2) is 54.6 Å². The molecule has 0 N–H and O–H groups in total. The maximum atomic E-state index is 11.9. The normalized spacial score (nSPS) is 16.5. The first-order valence-corrected chi connectivity index (χ1v) is 7.42. The number of hydrogen-bond donors (Lipinski definition) is 0. The highest BCUT2D eigenvalue weighted by Crippen LogP contribution is 2.16. The molecule has 23 heavy (non-hydrogen) atoms. The van der Waals surface area contributed by atoms with Crippen molar-refractivity contribution < 1.29 is 14.3 Å². The second-order valence-corrected chi connectivity index (χ2v) is 5.26. The van der Waals surface area contributed by atoms with Crippen molar-refractivity contribution in [2.45, 2.75) is 12.5 Å². The zero-order chi connectivity index (χ0) is 16.1. The molecule has 0 bridgehead atoms. The molecule has 1 atom stereocenters. The quantitative estimate of drug-likeness (QED) is 0.818. The highest BCUT2D eigenvalue weighted by molar-refractivity contribution is 5.72. The van der Waals surface area contributed by atoms with Gasteiger partial charge in [0.2, 0.25) is 0 Å². The lowest BCUT2D eigenvalue weighted by molar-refractivity contribution is 0.167. The van der Waals surface area contributed by atoms with E-state index in [1.165, 1.54) is 4.90 Å². The smallest absolute Gasteiger partial charge is 0.422 e. The molecule has 1 heterocycles. The Morgan fingerprint density at radius 1 is 1.17 bits per heavy atom. The molecule has 0 radical (unpaired) electrons. The van der Waals surface area contributed by atoms with Gasteiger partial charge in [-0.1, -0.05) is 30.3 Å².